The zero-order valence-electron chi connectivity index (χ0n) is 18.3. The third-order valence-electron chi connectivity index (χ3n) is 6.49. The summed E-state index contributed by atoms with van der Waals surface area (Å²) in [5, 5.41) is 12.5. The van der Waals surface area contributed by atoms with Crippen molar-refractivity contribution < 1.29 is 4.79 Å². The molecule has 1 amide bonds. The van der Waals surface area contributed by atoms with Gasteiger partial charge in [-0.1, -0.05) is 0 Å². The summed E-state index contributed by atoms with van der Waals surface area (Å²) >= 11 is 0. The Balaban J connectivity index is 1.35. The Morgan fingerprint density at radius 2 is 1.97 bits per heavy atom. The Morgan fingerprint density at radius 3 is 2.76 bits per heavy atom. The van der Waals surface area contributed by atoms with Gasteiger partial charge in [0.2, 0.25) is 0 Å². The predicted molar refractivity (Wildman–Crippen MR) is 126 cm³/mol. The molecule has 1 aliphatic rings. The van der Waals surface area contributed by atoms with Gasteiger partial charge in [0.05, 0.1) is 29.5 Å². The third-order valence-corrected chi connectivity index (χ3v) is 6.49. The molecule has 0 aliphatic heterocycles. The fourth-order valence-corrected chi connectivity index (χ4v) is 4.77. The van der Waals surface area contributed by atoms with E-state index in [1.54, 1.807) is 18.5 Å². The average molecular weight is 438 g/mol. The minimum Gasteiger partial charge on any atom is -0.343 e. The highest BCUT2D eigenvalue weighted by atomic mass is 16.1. The molecule has 33 heavy (non-hydrogen) atoms. The van der Waals surface area contributed by atoms with E-state index in [4.69, 9.17) is 4.98 Å². The number of pyridine rings is 2. The zero-order valence-corrected chi connectivity index (χ0v) is 18.3. The quantitative estimate of drug-likeness (QED) is 0.446. The number of nitrogens with zero attached hydrogens (tertiary/aromatic N) is 5. The van der Waals surface area contributed by atoms with E-state index < -0.39 is 0 Å². The van der Waals surface area contributed by atoms with E-state index in [0.717, 1.165) is 52.8 Å². The van der Waals surface area contributed by atoms with Crippen LogP contribution in [0.5, 0.6) is 0 Å². The molecule has 0 fully saturated rings. The Labute approximate surface area is 190 Å². The molecule has 164 valence electrons. The van der Waals surface area contributed by atoms with Crippen LogP contribution in [0.4, 0.5) is 0 Å². The van der Waals surface area contributed by atoms with Crippen molar-refractivity contribution in [3.8, 4) is 11.3 Å². The highest BCUT2D eigenvalue weighted by Crippen LogP contribution is 2.37. The van der Waals surface area contributed by atoms with Crippen LogP contribution in [-0.2, 0) is 26.4 Å². The van der Waals surface area contributed by atoms with Gasteiger partial charge in [0.15, 0.2) is 0 Å². The van der Waals surface area contributed by atoms with Crippen LogP contribution < -0.4 is 5.32 Å². The fourth-order valence-electron chi connectivity index (χ4n) is 4.77. The maximum Gasteiger partial charge on any atom is 0.270 e. The number of benzene rings is 1. The molecule has 0 saturated heterocycles. The molecule has 0 unspecified atom stereocenters. The molecule has 5 aromatic rings. The number of nitrogens with one attached hydrogen (secondary N) is 2. The lowest BCUT2D eigenvalue weighted by molar-refractivity contribution is 0.0944. The number of imidazole rings is 1. The van der Waals surface area contributed by atoms with Crippen molar-refractivity contribution in [3.63, 3.8) is 0 Å². The molecule has 1 aromatic carbocycles. The van der Waals surface area contributed by atoms with E-state index in [2.05, 4.69) is 31.5 Å². The van der Waals surface area contributed by atoms with Crippen LogP contribution in [0, 0.1) is 0 Å². The molecule has 4 aromatic heterocycles. The molecular weight excluding hydrogens is 414 g/mol. The third kappa shape index (κ3) is 3.34. The van der Waals surface area contributed by atoms with Crippen LogP contribution in [-0.4, -0.2) is 35.6 Å². The molecule has 0 radical (unpaired) electrons. The number of fused-ring (bicyclic) bond motifs is 5. The summed E-state index contributed by atoms with van der Waals surface area (Å²) in [6.07, 6.45) is 11.6. The van der Waals surface area contributed by atoms with Crippen molar-refractivity contribution >= 4 is 27.7 Å². The van der Waals surface area contributed by atoms with Crippen molar-refractivity contribution in [1.82, 2.24) is 35.0 Å². The van der Waals surface area contributed by atoms with Gasteiger partial charge in [0.1, 0.15) is 11.5 Å². The van der Waals surface area contributed by atoms with Gasteiger partial charge in [-0.25, -0.2) is 9.97 Å². The van der Waals surface area contributed by atoms with E-state index in [9.17, 15) is 4.79 Å². The number of hydrogen-bond acceptors (Lipinski definition) is 5. The Bertz CT molecular complexity index is 1500. The fraction of sp³-hybridized carbons (Fsp3) is 0.240. The number of aromatic nitrogens is 6. The summed E-state index contributed by atoms with van der Waals surface area (Å²) in [4.78, 5) is 26.3. The summed E-state index contributed by atoms with van der Waals surface area (Å²) in [6, 6.07) is 7.80. The maximum absolute atomic E-state index is 12.6. The van der Waals surface area contributed by atoms with E-state index in [1.807, 2.05) is 36.1 Å². The van der Waals surface area contributed by atoms with E-state index >= 15 is 0 Å². The van der Waals surface area contributed by atoms with Crippen molar-refractivity contribution in [2.24, 2.45) is 7.05 Å². The van der Waals surface area contributed by atoms with Gasteiger partial charge < -0.3 is 9.88 Å². The Hall–Kier alpha value is -4.07. The first-order chi connectivity index (χ1) is 16.2. The normalized spacial score (nSPS) is 13.4. The molecule has 1 aliphatic carbocycles. The molecule has 6 rings (SSSR count). The largest absolute Gasteiger partial charge is 0.343 e. The number of hydrogen-bond donors (Lipinski definition) is 2. The summed E-state index contributed by atoms with van der Waals surface area (Å²) in [6.45, 7) is 0.355. The van der Waals surface area contributed by atoms with Gasteiger partial charge in [-0.05, 0) is 61.1 Å². The lowest BCUT2D eigenvalue weighted by atomic mass is 9.86. The number of H-pyrrole nitrogens is 1. The van der Waals surface area contributed by atoms with Gasteiger partial charge in [0, 0.05) is 42.0 Å². The number of carbonyl (C=O) groups excluding carboxylic acids is 1. The van der Waals surface area contributed by atoms with Gasteiger partial charge in [-0.15, -0.1) is 0 Å². The maximum atomic E-state index is 12.6. The van der Waals surface area contributed by atoms with Gasteiger partial charge in [-0.3, -0.25) is 14.9 Å². The second kappa shape index (κ2) is 7.81. The van der Waals surface area contributed by atoms with Crippen molar-refractivity contribution in [3.05, 3.63) is 71.7 Å². The monoisotopic (exact) mass is 437 g/mol. The SMILES string of the molecule is Cn1ccnc1CNC(=O)c1ccc(-c2nc3ccc4[nH]ncc4c3c3c2CCCC3)cn1. The lowest BCUT2D eigenvalue weighted by Gasteiger charge is -2.21. The van der Waals surface area contributed by atoms with Crippen molar-refractivity contribution in [2.75, 3.05) is 0 Å². The zero-order chi connectivity index (χ0) is 22.4. The van der Waals surface area contributed by atoms with Gasteiger partial charge in [0.25, 0.3) is 5.91 Å². The number of carbonyl (C=O) groups is 1. The summed E-state index contributed by atoms with van der Waals surface area (Å²) < 4.78 is 1.88. The van der Waals surface area contributed by atoms with Crippen molar-refractivity contribution in [2.45, 2.75) is 32.2 Å². The predicted octanol–water partition coefficient (Wildman–Crippen LogP) is 3.72. The summed E-state index contributed by atoms with van der Waals surface area (Å²) in [7, 11) is 1.90. The molecule has 0 bridgehead atoms. The van der Waals surface area contributed by atoms with E-state index in [-0.39, 0.29) is 5.91 Å². The first-order valence-electron chi connectivity index (χ1n) is 11.2. The number of rotatable bonds is 4. The molecule has 0 spiro atoms. The van der Waals surface area contributed by atoms with Crippen LogP contribution in [0.25, 0.3) is 33.1 Å². The number of amides is 1. The van der Waals surface area contributed by atoms with Crippen LogP contribution in [0.15, 0.2) is 49.1 Å². The highest BCUT2D eigenvalue weighted by Gasteiger charge is 2.21. The van der Waals surface area contributed by atoms with Crippen LogP contribution in [0.2, 0.25) is 0 Å². The lowest BCUT2D eigenvalue weighted by Crippen LogP contribution is -2.25. The van der Waals surface area contributed by atoms with Crippen LogP contribution in [0.3, 0.4) is 0 Å². The van der Waals surface area contributed by atoms with Crippen LogP contribution in [0.1, 0.15) is 40.3 Å². The van der Waals surface area contributed by atoms with Crippen molar-refractivity contribution in [1.29, 1.82) is 0 Å². The summed E-state index contributed by atoms with van der Waals surface area (Å²) in [5.74, 6) is 0.569. The van der Waals surface area contributed by atoms with Gasteiger partial charge in [-0.2, -0.15) is 5.10 Å². The first kappa shape index (κ1) is 19.6. The topological polar surface area (TPSA) is 101 Å². The minimum absolute atomic E-state index is 0.222. The molecule has 0 saturated carbocycles. The standard InChI is InChI=1S/C25H23N7O/c1-32-11-10-26-22(32)14-28-25(33)21-7-6-15(12-27-21)24-17-5-3-2-4-16(17)23-18-13-29-31-19(18)8-9-20(23)30-24/h6-13H,2-5,14H2,1H3,(H,28,33)(H,29,31). The second-order valence-corrected chi connectivity index (χ2v) is 8.48. The first-order valence-corrected chi connectivity index (χ1v) is 11.2. The molecule has 2 N–H and O–H groups in total. The van der Waals surface area contributed by atoms with Gasteiger partial charge >= 0.3 is 0 Å². The molecule has 0 atom stereocenters. The molecule has 8 nitrogen and oxygen atoms in total. The highest BCUT2D eigenvalue weighted by molar-refractivity contribution is 6.07. The summed E-state index contributed by atoms with van der Waals surface area (Å²) in [5.41, 5.74) is 6.93. The minimum atomic E-state index is -0.222. The molecular formula is C25H23N7O. The average Bonchev–Trinajstić information content (AvgIpc) is 3.50. The Kier molecular flexibility index (Phi) is 4.64. The number of aryl methyl sites for hydroxylation is 2. The smallest absolute Gasteiger partial charge is 0.270 e. The molecule has 4 heterocycles. The van der Waals surface area contributed by atoms with E-state index in [1.165, 1.54) is 22.9 Å². The van der Waals surface area contributed by atoms with Crippen LogP contribution >= 0.6 is 0 Å². The number of aromatic amines is 1. The Morgan fingerprint density at radius 1 is 1.09 bits per heavy atom. The second-order valence-electron chi connectivity index (χ2n) is 8.48. The molecule has 8 heteroatoms. The van der Waals surface area contributed by atoms with E-state index in [0.29, 0.717) is 12.2 Å².